The maximum absolute atomic E-state index is 12.7. The molecule has 0 aliphatic carbocycles. The lowest BCUT2D eigenvalue weighted by molar-refractivity contribution is 0.0461. The Bertz CT molecular complexity index is 1050. The van der Waals surface area contributed by atoms with E-state index in [1.165, 1.54) is 5.39 Å². The van der Waals surface area contributed by atoms with E-state index in [4.69, 9.17) is 4.74 Å². The zero-order chi connectivity index (χ0) is 17.2. The summed E-state index contributed by atoms with van der Waals surface area (Å²) in [5.41, 5.74) is 2.65. The van der Waals surface area contributed by atoms with E-state index in [-0.39, 0.29) is 12.6 Å². The Kier molecular flexibility index (Phi) is 4.02. The van der Waals surface area contributed by atoms with Crippen molar-refractivity contribution < 1.29 is 9.53 Å². The first-order valence-electron chi connectivity index (χ1n) is 8.50. The first-order valence-corrected chi connectivity index (χ1v) is 8.50. The van der Waals surface area contributed by atoms with Crippen molar-refractivity contribution in [2.45, 2.75) is 13.1 Å². The Balaban J connectivity index is 1.73. The molecule has 0 aliphatic heterocycles. The molecule has 3 aromatic carbocycles. The minimum absolute atomic E-state index is 0.283. The van der Waals surface area contributed by atoms with E-state index >= 15 is 0 Å². The molecule has 4 aromatic rings. The van der Waals surface area contributed by atoms with Crippen LogP contribution in [-0.2, 0) is 17.8 Å². The van der Waals surface area contributed by atoms with Gasteiger partial charge in [-0.25, -0.2) is 4.79 Å². The molecule has 0 atom stereocenters. The molecule has 0 amide bonds. The molecule has 3 nitrogen and oxygen atoms in total. The zero-order valence-electron chi connectivity index (χ0n) is 14.1. The Morgan fingerprint density at radius 3 is 2.48 bits per heavy atom. The molecule has 1 aromatic heterocycles. The summed E-state index contributed by atoms with van der Waals surface area (Å²) in [7, 11) is 2.04. The highest BCUT2D eigenvalue weighted by atomic mass is 16.5. The van der Waals surface area contributed by atoms with Crippen molar-refractivity contribution in [1.29, 1.82) is 0 Å². The minimum Gasteiger partial charge on any atom is -0.456 e. The van der Waals surface area contributed by atoms with E-state index in [1.54, 1.807) is 0 Å². The van der Waals surface area contributed by atoms with Crippen LogP contribution in [0, 0.1) is 0 Å². The van der Waals surface area contributed by atoms with Crippen LogP contribution in [0.15, 0.2) is 72.8 Å². The van der Waals surface area contributed by atoms with E-state index in [9.17, 15) is 4.79 Å². The number of benzene rings is 3. The van der Waals surface area contributed by atoms with Crippen LogP contribution in [-0.4, -0.2) is 18.4 Å². The Hall–Kier alpha value is -3.01. The molecule has 1 heterocycles. The molecule has 122 valence electrons. The lowest BCUT2D eigenvalue weighted by Gasteiger charge is -2.08. The average Bonchev–Trinajstić information content (AvgIpc) is 3.06. The molecule has 0 spiro atoms. The van der Waals surface area contributed by atoms with Crippen LogP contribution in [0.4, 0.5) is 0 Å². The van der Waals surface area contributed by atoms with Crippen molar-refractivity contribution in [2.24, 2.45) is 0 Å². The Morgan fingerprint density at radius 1 is 0.920 bits per heavy atom. The van der Waals surface area contributed by atoms with Crippen LogP contribution in [0.25, 0.3) is 21.7 Å². The number of ether oxygens (including phenoxy) is 1. The van der Waals surface area contributed by atoms with Gasteiger partial charge in [-0.3, -0.25) is 0 Å². The summed E-state index contributed by atoms with van der Waals surface area (Å²) < 4.78 is 7.56. The van der Waals surface area contributed by atoms with Crippen molar-refractivity contribution in [3.8, 4) is 0 Å². The summed E-state index contributed by atoms with van der Waals surface area (Å²) in [6.07, 6.45) is 0.720. The fourth-order valence-electron chi connectivity index (χ4n) is 3.32. The van der Waals surface area contributed by atoms with Crippen LogP contribution in [0.5, 0.6) is 0 Å². The Labute approximate surface area is 147 Å². The van der Waals surface area contributed by atoms with Gasteiger partial charge in [-0.2, -0.15) is 0 Å². The third kappa shape index (κ3) is 2.80. The number of fused-ring (bicyclic) bond motifs is 3. The molecule has 0 saturated carbocycles. The van der Waals surface area contributed by atoms with E-state index in [2.05, 4.69) is 24.3 Å². The first kappa shape index (κ1) is 15.5. The second-order valence-corrected chi connectivity index (χ2v) is 6.06. The predicted octanol–water partition coefficient (Wildman–Crippen LogP) is 3.74. The summed E-state index contributed by atoms with van der Waals surface area (Å²) in [4.78, 5) is 12.7. The fraction of sp³-hybridized carbons (Fsp3) is 0.0952. The SMILES string of the molecule is BCn1c(C(=O)OCc2ccccc2)cc2c3ccccc3ccc21. The average molecular weight is 327 g/mol. The van der Waals surface area contributed by atoms with Gasteiger partial charge in [0, 0.05) is 10.9 Å². The topological polar surface area (TPSA) is 31.2 Å². The van der Waals surface area contributed by atoms with Crippen LogP contribution in [0.3, 0.4) is 0 Å². The number of hydrogen-bond acceptors (Lipinski definition) is 2. The zero-order valence-corrected chi connectivity index (χ0v) is 14.1. The van der Waals surface area contributed by atoms with Crippen molar-refractivity contribution >= 4 is 35.5 Å². The normalized spacial score (nSPS) is 11.0. The van der Waals surface area contributed by atoms with Crippen molar-refractivity contribution in [3.63, 3.8) is 0 Å². The molecule has 0 N–H and O–H groups in total. The second kappa shape index (κ2) is 6.48. The highest BCUT2D eigenvalue weighted by Crippen LogP contribution is 2.28. The maximum Gasteiger partial charge on any atom is 0.355 e. The number of hydrogen-bond donors (Lipinski definition) is 0. The summed E-state index contributed by atoms with van der Waals surface area (Å²) in [6.45, 7) is 0.283. The fourth-order valence-corrected chi connectivity index (χ4v) is 3.32. The number of esters is 1. The quantitative estimate of drug-likeness (QED) is 0.422. The molecule has 0 saturated heterocycles. The van der Waals surface area contributed by atoms with Gasteiger partial charge in [-0.1, -0.05) is 60.7 Å². The highest BCUT2D eigenvalue weighted by Gasteiger charge is 2.17. The molecule has 4 rings (SSSR count). The largest absolute Gasteiger partial charge is 0.456 e. The molecule has 0 fully saturated rings. The number of aromatic nitrogens is 1. The van der Waals surface area contributed by atoms with Gasteiger partial charge in [0.05, 0.1) is 0 Å². The monoisotopic (exact) mass is 327 g/mol. The summed E-state index contributed by atoms with van der Waals surface area (Å²) in [5, 5.41) is 3.42. The first-order chi connectivity index (χ1) is 12.3. The van der Waals surface area contributed by atoms with Crippen LogP contribution in [0.2, 0.25) is 0 Å². The van der Waals surface area contributed by atoms with Gasteiger partial charge in [0.1, 0.15) is 20.1 Å². The Morgan fingerprint density at radius 2 is 1.68 bits per heavy atom. The number of carbonyl (C=O) groups is 1. The van der Waals surface area contributed by atoms with Crippen LogP contribution < -0.4 is 0 Å². The molecule has 4 heteroatoms. The van der Waals surface area contributed by atoms with Crippen molar-refractivity contribution in [1.82, 2.24) is 4.57 Å². The second-order valence-electron chi connectivity index (χ2n) is 6.06. The highest BCUT2D eigenvalue weighted by molar-refractivity contribution is 6.12. The number of carbonyl (C=O) groups excluding carboxylic acids is 1. The molecule has 0 bridgehead atoms. The molecule has 25 heavy (non-hydrogen) atoms. The summed E-state index contributed by atoms with van der Waals surface area (Å²) in [6, 6.07) is 24.1. The summed E-state index contributed by atoms with van der Waals surface area (Å²) >= 11 is 0. The lowest BCUT2D eigenvalue weighted by Crippen LogP contribution is -2.12. The molecular weight excluding hydrogens is 309 g/mol. The van der Waals surface area contributed by atoms with Gasteiger partial charge >= 0.3 is 5.97 Å². The summed E-state index contributed by atoms with van der Waals surface area (Å²) in [5.74, 6) is -0.286. The maximum atomic E-state index is 12.7. The van der Waals surface area contributed by atoms with Gasteiger partial charge in [-0.15, -0.1) is 0 Å². The predicted molar refractivity (Wildman–Crippen MR) is 104 cm³/mol. The van der Waals surface area contributed by atoms with Crippen LogP contribution in [0.1, 0.15) is 16.1 Å². The third-order valence-corrected chi connectivity index (χ3v) is 4.55. The lowest BCUT2D eigenvalue weighted by atomic mass is 10.1. The van der Waals surface area contributed by atoms with E-state index < -0.39 is 0 Å². The van der Waals surface area contributed by atoms with Gasteiger partial charge in [0.2, 0.25) is 0 Å². The van der Waals surface area contributed by atoms with Crippen molar-refractivity contribution in [2.75, 3.05) is 0 Å². The van der Waals surface area contributed by atoms with Gasteiger partial charge in [0.25, 0.3) is 0 Å². The molecule has 0 aliphatic rings. The standard InChI is InChI=1S/C21H18BNO2/c22-14-23-19-11-10-16-8-4-5-9-17(16)18(19)12-20(23)21(24)25-13-15-6-2-1-3-7-15/h1-12H,13-14,22H2. The minimum atomic E-state index is -0.286. The van der Waals surface area contributed by atoms with E-state index in [1.807, 2.05) is 60.9 Å². The van der Waals surface area contributed by atoms with Gasteiger partial charge in [-0.05, 0) is 34.9 Å². The number of rotatable bonds is 4. The van der Waals surface area contributed by atoms with Crippen molar-refractivity contribution in [3.05, 3.63) is 84.1 Å². The third-order valence-electron chi connectivity index (χ3n) is 4.55. The number of nitrogens with zero attached hydrogens (tertiary/aromatic N) is 1. The van der Waals surface area contributed by atoms with E-state index in [0.717, 1.165) is 28.3 Å². The van der Waals surface area contributed by atoms with E-state index in [0.29, 0.717) is 5.69 Å². The molecule has 0 radical (unpaired) electrons. The molecule has 0 unspecified atom stereocenters. The van der Waals surface area contributed by atoms with Gasteiger partial charge in [0.15, 0.2) is 0 Å². The smallest absolute Gasteiger partial charge is 0.355 e. The van der Waals surface area contributed by atoms with Gasteiger partial charge < -0.3 is 9.30 Å². The van der Waals surface area contributed by atoms with Crippen LogP contribution >= 0.6 is 0 Å². The molecular formula is C21H18BNO2.